The van der Waals surface area contributed by atoms with Gasteiger partial charge in [-0.05, 0) is 30.4 Å². The van der Waals surface area contributed by atoms with E-state index in [-0.39, 0.29) is 0 Å². The lowest BCUT2D eigenvalue weighted by Crippen LogP contribution is -2.04. The van der Waals surface area contributed by atoms with Gasteiger partial charge in [-0.25, -0.2) is 0 Å². The van der Waals surface area contributed by atoms with Crippen molar-refractivity contribution >= 4 is 6.08 Å². The Hall–Kier alpha value is -1.50. The van der Waals surface area contributed by atoms with Crippen LogP contribution in [0.15, 0.2) is 36.4 Å². The summed E-state index contributed by atoms with van der Waals surface area (Å²) < 4.78 is 5.95. The summed E-state index contributed by atoms with van der Waals surface area (Å²) in [6.45, 7) is 5.28. The Balaban J connectivity index is 2.29. The summed E-state index contributed by atoms with van der Waals surface area (Å²) >= 11 is 0. The van der Waals surface area contributed by atoms with Crippen molar-refractivity contribution in [1.29, 1.82) is 0 Å². The fraction of sp³-hybridized carbons (Fsp3) is 0.412. The van der Waals surface area contributed by atoms with Crippen LogP contribution in [0.4, 0.5) is 0 Å². The Morgan fingerprint density at radius 3 is 3.00 bits per heavy atom. The van der Waals surface area contributed by atoms with Gasteiger partial charge in [0.2, 0.25) is 0 Å². The van der Waals surface area contributed by atoms with Crippen LogP contribution >= 0.6 is 0 Å². The molecule has 1 heteroatoms. The second-order valence-electron chi connectivity index (χ2n) is 4.89. The molecule has 1 unspecified atom stereocenters. The first kappa shape index (κ1) is 12.9. The van der Waals surface area contributed by atoms with E-state index >= 15 is 0 Å². The smallest absolute Gasteiger partial charge is 0.123 e. The minimum absolute atomic E-state index is 0.513. The molecule has 2 rings (SSSR count). The first-order valence-electron chi connectivity index (χ1n) is 6.92. The van der Waals surface area contributed by atoms with Crippen molar-refractivity contribution in [2.24, 2.45) is 0 Å². The summed E-state index contributed by atoms with van der Waals surface area (Å²) in [5, 5.41) is 0. The van der Waals surface area contributed by atoms with Crippen molar-refractivity contribution in [3.05, 3.63) is 47.6 Å². The Morgan fingerprint density at radius 2 is 2.17 bits per heavy atom. The van der Waals surface area contributed by atoms with Crippen LogP contribution in [0.1, 0.15) is 50.2 Å². The van der Waals surface area contributed by atoms with Crippen molar-refractivity contribution < 1.29 is 4.74 Å². The largest absolute Gasteiger partial charge is 0.493 e. The van der Waals surface area contributed by atoms with E-state index in [4.69, 9.17) is 4.74 Å². The SMILES string of the molecule is CCCCOc1cccc2c1C(C)C/C=C/C=C2. The van der Waals surface area contributed by atoms with Gasteiger partial charge >= 0.3 is 0 Å². The molecule has 1 aliphatic rings. The van der Waals surface area contributed by atoms with E-state index in [1.54, 1.807) is 0 Å². The molecule has 0 heterocycles. The number of allylic oxidation sites excluding steroid dienone is 3. The Morgan fingerprint density at radius 1 is 1.28 bits per heavy atom. The maximum absolute atomic E-state index is 5.95. The Labute approximate surface area is 110 Å². The van der Waals surface area contributed by atoms with Gasteiger partial charge in [-0.1, -0.05) is 56.7 Å². The zero-order chi connectivity index (χ0) is 12.8. The van der Waals surface area contributed by atoms with E-state index in [1.807, 2.05) is 0 Å². The molecule has 0 bridgehead atoms. The van der Waals surface area contributed by atoms with Gasteiger partial charge in [0.05, 0.1) is 6.61 Å². The van der Waals surface area contributed by atoms with Gasteiger partial charge in [-0.3, -0.25) is 0 Å². The monoisotopic (exact) mass is 242 g/mol. The Bertz CT molecular complexity index is 443. The molecule has 0 fully saturated rings. The van der Waals surface area contributed by atoms with Gasteiger partial charge in [-0.15, -0.1) is 0 Å². The van der Waals surface area contributed by atoms with E-state index in [0.717, 1.165) is 25.2 Å². The molecule has 18 heavy (non-hydrogen) atoms. The zero-order valence-electron chi connectivity index (χ0n) is 11.4. The zero-order valence-corrected chi connectivity index (χ0v) is 11.4. The second-order valence-corrected chi connectivity index (χ2v) is 4.89. The van der Waals surface area contributed by atoms with Gasteiger partial charge in [-0.2, -0.15) is 0 Å². The molecule has 0 amide bonds. The molecule has 0 radical (unpaired) electrons. The molecule has 0 N–H and O–H groups in total. The topological polar surface area (TPSA) is 9.23 Å². The van der Waals surface area contributed by atoms with Crippen LogP contribution < -0.4 is 4.74 Å². The van der Waals surface area contributed by atoms with Crippen LogP contribution in [0.5, 0.6) is 5.75 Å². The summed E-state index contributed by atoms with van der Waals surface area (Å²) in [5.41, 5.74) is 2.65. The van der Waals surface area contributed by atoms with Gasteiger partial charge in [0.25, 0.3) is 0 Å². The van der Waals surface area contributed by atoms with Gasteiger partial charge < -0.3 is 4.74 Å². The van der Waals surface area contributed by atoms with Crippen LogP contribution in [0, 0.1) is 0 Å². The highest BCUT2D eigenvalue weighted by molar-refractivity contribution is 5.61. The van der Waals surface area contributed by atoms with E-state index in [2.05, 4.69) is 56.4 Å². The summed E-state index contributed by atoms with van der Waals surface area (Å²) in [4.78, 5) is 0. The van der Waals surface area contributed by atoms with Gasteiger partial charge in [0, 0.05) is 5.56 Å². The van der Waals surface area contributed by atoms with Crippen LogP contribution in [-0.2, 0) is 0 Å². The average molecular weight is 242 g/mol. The molecule has 0 spiro atoms. The lowest BCUT2D eigenvalue weighted by molar-refractivity contribution is 0.304. The molecule has 0 saturated heterocycles. The molecule has 0 saturated carbocycles. The fourth-order valence-corrected chi connectivity index (χ4v) is 2.32. The van der Waals surface area contributed by atoms with Crippen LogP contribution in [0.2, 0.25) is 0 Å². The quantitative estimate of drug-likeness (QED) is 0.679. The molecular formula is C17H22O. The number of unbranched alkanes of at least 4 members (excludes halogenated alkanes) is 1. The summed E-state index contributed by atoms with van der Waals surface area (Å²) in [6.07, 6.45) is 12.0. The first-order chi connectivity index (χ1) is 8.83. The van der Waals surface area contributed by atoms with E-state index in [9.17, 15) is 0 Å². The maximum Gasteiger partial charge on any atom is 0.123 e. The third-order valence-electron chi connectivity index (χ3n) is 3.36. The van der Waals surface area contributed by atoms with Crippen molar-refractivity contribution in [2.45, 2.75) is 39.0 Å². The van der Waals surface area contributed by atoms with Crippen LogP contribution in [0.3, 0.4) is 0 Å². The number of hydrogen-bond donors (Lipinski definition) is 0. The summed E-state index contributed by atoms with van der Waals surface area (Å²) in [7, 11) is 0. The molecule has 0 aromatic heterocycles. The van der Waals surface area contributed by atoms with E-state index < -0.39 is 0 Å². The standard InChI is InChI=1S/C17H22O/c1-3-4-13-18-16-12-8-11-15-10-7-5-6-9-14(2)17(15)16/h5-8,10-12,14H,3-4,9,13H2,1-2H3/b6-5+,10-7?. The highest BCUT2D eigenvalue weighted by Gasteiger charge is 2.15. The number of fused-ring (bicyclic) bond motifs is 1. The predicted molar refractivity (Wildman–Crippen MR) is 78.1 cm³/mol. The predicted octanol–water partition coefficient (Wildman–Crippen LogP) is 4.94. The van der Waals surface area contributed by atoms with Crippen molar-refractivity contribution in [2.75, 3.05) is 6.61 Å². The van der Waals surface area contributed by atoms with E-state index in [1.165, 1.54) is 17.5 Å². The second kappa shape index (κ2) is 6.44. The first-order valence-corrected chi connectivity index (χ1v) is 6.92. The molecular weight excluding hydrogens is 220 g/mol. The lowest BCUT2D eigenvalue weighted by Gasteiger charge is -2.19. The Kier molecular flexibility index (Phi) is 4.63. The fourth-order valence-electron chi connectivity index (χ4n) is 2.32. The molecule has 96 valence electrons. The van der Waals surface area contributed by atoms with E-state index in [0.29, 0.717) is 5.92 Å². The summed E-state index contributed by atoms with van der Waals surface area (Å²) in [5.74, 6) is 1.58. The molecule has 1 atom stereocenters. The van der Waals surface area contributed by atoms with Gasteiger partial charge in [0.1, 0.15) is 5.75 Å². The van der Waals surface area contributed by atoms with Crippen molar-refractivity contribution in [3.8, 4) is 5.75 Å². The van der Waals surface area contributed by atoms with Crippen molar-refractivity contribution in [1.82, 2.24) is 0 Å². The highest BCUT2D eigenvalue weighted by Crippen LogP contribution is 2.34. The molecule has 1 nitrogen and oxygen atoms in total. The average Bonchev–Trinajstić information content (AvgIpc) is 2.36. The third kappa shape index (κ3) is 3.04. The normalized spacial score (nSPS) is 19.8. The van der Waals surface area contributed by atoms with Crippen LogP contribution in [0.25, 0.3) is 6.08 Å². The minimum Gasteiger partial charge on any atom is -0.493 e. The molecule has 0 aliphatic heterocycles. The highest BCUT2D eigenvalue weighted by atomic mass is 16.5. The number of ether oxygens (including phenoxy) is 1. The molecule has 1 aromatic carbocycles. The minimum atomic E-state index is 0.513. The van der Waals surface area contributed by atoms with Crippen molar-refractivity contribution in [3.63, 3.8) is 0 Å². The van der Waals surface area contributed by atoms with Crippen LogP contribution in [-0.4, -0.2) is 6.61 Å². The third-order valence-corrected chi connectivity index (χ3v) is 3.36. The van der Waals surface area contributed by atoms with Gasteiger partial charge in [0.15, 0.2) is 0 Å². The molecule has 1 aromatic rings. The number of benzene rings is 1. The number of hydrogen-bond acceptors (Lipinski definition) is 1. The lowest BCUT2D eigenvalue weighted by atomic mass is 9.90. The number of rotatable bonds is 4. The summed E-state index contributed by atoms with van der Waals surface area (Å²) in [6, 6.07) is 6.36. The maximum atomic E-state index is 5.95. The molecule has 1 aliphatic carbocycles.